The molecule has 2 rings (SSSR count). The van der Waals surface area contributed by atoms with Gasteiger partial charge in [-0.25, -0.2) is 0 Å². The topological polar surface area (TPSA) is 52.6 Å². The van der Waals surface area contributed by atoms with Crippen molar-refractivity contribution in [1.29, 1.82) is 0 Å². The third-order valence-electron chi connectivity index (χ3n) is 2.85. The predicted molar refractivity (Wildman–Crippen MR) is 66.8 cm³/mol. The Kier molecular flexibility index (Phi) is 4.12. The monoisotopic (exact) mass is 234 g/mol. The van der Waals surface area contributed by atoms with Crippen molar-refractivity contribution in [3.8, 4) is 0 Å². The summed E-state index contributed by atoms with van der Waals surface area (Å²) in [6, 6.07) is 9.92. The molecule has 1 aliphatic rings. The van der Waals surface area contributed by atoms with E-state index in [0.29, 0.717) is 19.1 Å². The van der Waals surface area contributed by atoms with E-state index in [2.05, 4.69) is 5.32 Å². The fourth-order valence-corrected chi connectivity index (χ4v) is 1.87. The van der Waals surface area contributed by atoms with Gasteiger partial charge in [-0.05, 0) is 25.0 Å². The molecule has 0 aromatic heterocycles. The fourth-order valence-electron chi connectivity index (χ4n) is 1.87. The Balaban J connectivity index is 1.83. The van der Waals surface area contributed by atoms with E-state index >= 15 is 0 Å². The second-order valence-corrected chi connectivity index (χ2v) is 4.34. The summed E-state index contributed by atoms with van der Waals surface area (Å²) in [5.41, 5.74) is 0.817. The Bertz CT molecular complexity index is 363. The lowest BCUT2D eigenvalue weighted by molar-refractivity contribution is -0.117. The Morgan fingerprint density at radius 2 is 2.06 bits per heavy atom. The van der Waals surface area contributed by atoms with Gasteiger partial charge in [0.1, 0.15) is 0 Å². The maximum absolute atomic E-state index is 11.8. The Labute approximate surface area is 101 Å². The average Bonchev–Trinajstić information content (AvgIpc) is 3.13. The number of rotatable bonds is 6. The van der Waals surface area contributed by atoms with Crippen molar-refractivity contribution < 1.29 is 9.90 Å². The first kappa shape index (κ1) is 12.1. The molecule has 1 aromatic rings. The molecule has 0 radical (unpaired) electrons. The largest absolute Gasteiger partial charge is 0.395 e. The van der Waals surface area contributed by atoms with Gasteiger partial charge in [-0.3, -0.25) is 9.69 Å². The summed E-state index contributed by atoms with van der Waals surface area (Å²) in [6.07, 6.45) is 2.28. The number of nitrogens with one attached hydrogen (secondary N) is 1. The summed E-state index contributed by atoms with van der Waals surface area (Å²) in [5.74, 6) is -0.0171. The second kappa shape index (κ2) is 5.80. The standard InChI is InChI=1S/C13H18N2O2/c16-9-8-15(12-6-7-12)10-13(17)14-11-4-2-1-3-5-11/h1-5,12,16H,6-10H2,(H,14,17). The first-order valence-electron chi connectivity index (χ1n) is 5.99. The summed E-state index contributed by atoms with van der Waals surface area (Å²) in [5, 5.41) is 11.8. The first-order valence-corrected chi connectivity index (χ1v) is 5.99. The van der Waals surface area contributed by atoms with Crippen LogP contribution in [0.15, 0.2) is 30.3 Å². The molecular formula is C13H18N2O2. The van der Waals surface area contributed by atoms with E-state index in [9.17, 15) is 4.79 Å². The Morgan fingerprint density at radius 3 is 2.65 bits per heavy atom. The van der Waals surface area contributed by atoms with Crippen molar-refractivity contribution in [3.05, 3.63) is 30.3 Å². The van der Waals surface area contributed by atoms with E-state index in [0.717, 1.165) is 18.5 Å². The average molecular weight is 234 g/mol. The van der Waals surface area contributed by atoms with Crippen molar-refractivity contribution in [2.24, 2.45) is 0 Å². The van der Waals surface area contributed by atoms with Crippen LogP contribution in [0.25, 0.3) is 0 Å². The zero-order chi connectivity index (χ0) is 12.1. The first-order chi connectivity index (χ1) is 8.29. The van der Waals surface area contributed by atoms with Crippen LogP contribution in [0.3, 0.4) is 0 Å². The minimum Gasteiger partial charge on any atom is -0.395 e. The van der Waals surface area contributed by atoms with E-state index < -0.39 is 0 Å². The quantitative estimate of drug-likeness (QED) is 0.774. The molecule has 1 aromatic carbocycles. The van der Waals surface area contributed by atoms with Crippen molar-refractivity contribution in [3.63, 3.8) is 0 Å². The third kappa shape index (κ3) is 3.84. The number of aliphatic hydroxyl groups is 1. The minimum atomic E-state index is -0.0171. The molecule has 0 unspecified atom stereocenters. The summed E-state index contributed by atoms with van der Waals surface area (Å²) >= 11 is 0. The molecule has 17 heavy (non-hydrogen) atoms. The van der Waals surface area contributed by atoms with Gasteiger partial charge in [-0.15, -0.1) is 0 Å². The predicted octanol–water partition coefficient (Wildman–Crippen LogP) is 1.08. The van der Waals surface area contributed by atoms with Crippen LogP contribution in [0.4, 0.5) is 5.69 Å². The van der Waals surface area contributed by atoms with Crippen molar-refractivity contribution in [1.82, 2.24) is 4.90 Å². The number of hydrogen-bond donors (Lipinski definition) is 2. The van der Waals surface area contributed by atoms with Gasteiger partial charge >= 0.3 is 0 Å². The molecule has 4 heteroatoms. The van der Waals surface area contributed by atoms with Crippen LogP contribution < -0.4 is 5.32 Å². The van der Waals surface area contributed by atoms with Crippen LogP contribution in [0, 0.1) is 0 Å². The van der Waals surface area contributed by atoms with Gasteiger partial charge in [-0.2, -0.15) is 0 Å². The molecule has 1 saturated carbocycles. The molecule has 0 aliphatic heterocycles. The van der Waals surface area contributed by atoms with Gasteiger partial charge < -0.3 is 10.4 Å². The fraction of sp³-hybridized carbons (Fsp3) is 0.462. The Morgan fingerprint density at radius 1 is 1.35 bits per heavy atom. The smallest absolute Gasteiger partial charge is 0.238 e. The molecule has 92 valence electrons. The van der Waals surface area contributed by atoms with Crippen LogP contribution in [0.1, 0.15) is 12.8 Å². The number of para-hydroxylation sites is 1. The van der Waals surface area contributed by atoms with E-state index in [1.54, 1.807) is 0 Å². The van der Waals surface area contributed by atoms with Gasteiger partial charge in [0.05, 0.1) is 13.2 Å². The Hall–Kier alpha value is -1.39. The zero-order valence-electron chi connectivity index (χ0n) is 9.80. The third-order valence-corrected chi connectivity index (χ3v) is 2.85. The lowest BCUT2D eigenvalue weighted by Crippen LogP contribution is -2.36. The summed E-state index contributed by atoms with van der Waals surface area (Å²) < 4.78 is 0. The molecule has 0 spiro atoms. The van der Waals surface area contributed by atoms with Crippen molar-refractivity contribution in [2.45, 2.75) is 18.9 Å². The molecule has 1 amide bonds. The van der Waals surface area contributed by atoms with Crippen LogP contribution in [-0.4, -0.2) is 41.7 Å². The van der Waals surface area contributed by atoms with E-state index in [-0.39, 0.29) is 12.5 Å². The van der Waals surface area contributed by atoms with Gasteiger partial charge in [0.2, 0.25) is 5.91 Å². The number of hydrogen-bond acceptors (Lipinski definition) is 3. The van der Waals surface area contributed by atoms with Gasteiger partial charge in [0.25, 0.3) is 0 Å². The number of nitrogens with zero attached hydrogens (tertiary/aromatic N) is 1. The minimum absolute atomic E-state index is 0.0171. The second-order valence-electron chi connectivity index (χ2n) is 4.34. The van der Waals surface area contributed by atoms with Crippen LogP contribution in [0.2, 0.25) is 0 Å². The summed E-state index contributed by atoms with van der Waals surface area (Å²) in [7, 11) is 0. The van der Waals surface area contributed by atoms with Crippen LogP contribution in [-0.2, 0) is 4.79 Å². The highest BCUT2D eigenvalue weighted by atomic mass is 16.3. The number of aliphatic hydroxyl groups excluding tert-OH is 1. The van der Waals surface area contributed by atoms with E-state index in [1.807, 2.05) is 35.2 Å². The zero-order valence-corrected chi connectivity index (χ0v) is 9.80. The summed E-state index contributed by atoms with van der Waals surface area (Å²) in [6.45, 7) is 1.04. The molecule has 0 saturated heterocycles. The lowest BCUT2D eigenvalue weighted by Gasteiger charge is -2.19. The molecule has 1 aliphatic carbocycles. The van der Waals surface area contributed by atoms with Gasteiger partial charge in [0.15, 0.2) is 0 Å². The van der Waals surface area contributed by atoms with Crippen molar-refractivity contribution >= 4 is 11.6 Å². The highest BCUT2D eigenvalue weighted by Gasteiger charge is 2.29. The molecular weight excluding hydrogens is 216 g/mol. The van der Waals surface area contributed by atoms with E-state index in [4.69, 9.17) is 5.11 Å². The van der Waals surface area contributed by atoms with Crippen LogP contribution >= 0.6 is 0 Å². The highest BCUT2D eigenvalue weighted by molar-refractivity contribution is 5.92. The van der Waals surface area contributed by atoms with Crippen molar-refractivity contribution in [2.75, 3.05) is 25.0 Å². The van der Waals surface area contributed by atoms with Gasteiger partial charge in [0, 0.05) is 18.3 Å². The molecule has 0 heterocycles. The number of benzene rings is 1. The molecule has 2 N–H and O–H groups in total. The maximum Gasteiger partial charge on any atom is 0.238 e. The van der Waals surface area contributed by atoms with Crippen LogP contribution in [0.5, 0.6) is 0 Å². The number of amides is 1. The highest BCUT2D eigenvalue weighted by Crippen LogP contribution is 2.26. The van der Waals surface area contributed by atoms with Gasteiger partial charge in [-0.1, -0.05) is 18.2 Å². The number of anilines is 1. The summed E-state index contributed by atoms with van der Waals surface area (Å²) in [4.78, 5) is 13.8. The van der Waals surface area contributed by atoms with E-state index in [1.165, 1.54) is 0 Å². The normalized spacial score (nSPS) is 14.9. The number of carbonyl (C=O) groups excluding carboxylic acids is 1. The molecule has 0 bridgehead atoms. The SMILES string of the molecule is O=C(CN(CCO)C1CC1)Nc1ccccc1. The number of carbonyl (C=O) groups is 1. The maximum atomic E-state index is 11.8. The molecule has 4 nitrogen and oxygen atoms in total. The lowest BCUT2D eigenvalue weighted by atomic mass is 10.3. The molecule has 1 fully saturated rings. The molecule has 0 atom stereocenters.